The fraction of sp³-hybridized carbons (Fsp3) is 0.333. The third-order valence-corrected chi connectivity index (χ3v) is 2.72. The van der Waals surface area contributed by atoms with Gasteiger partial charge in [0.25, 0.3) is 0 Å². The third-order valence-electron chi connectivity index (χ3n) is 1.80. The monoisotopic (exact) mass is 199 g/mol. The van der Waals surface area contributed by atoms with Crippen LogP contribution in [0.4, 0.5) is 0 Å². The zero-order valence-electron chi connectivity index (χ0n) is 7.74. The maximum atomic E-state index is 11.1. The standard InChI is InChI=1S/C9H13NO2S/c1-12-9-4-3-8(13(2)11)5-7(9)6-10/h3-5H,6,10H2,1-2H3. The summed E-state index contributed by atoms with van der Waals surface area (Å²) in [4.78, 5) is 0.779. The van der Waals surface area contributed by atoms with Gasteiger partial charge < -0.3 is 10.5 Å². The van der Waals surface area contributed by atoms with Crippen LogP contribution in [0.25, 0.3) is 0 Å². The Labute approximate surface area is 80.4 Å². The minimum atomic E-state index is -0.962. The first-order chi connectivity index (χ1) is 6.19. The summed E-state index contributed by atoms with van der Waals surface area (Å²) < 4.78 is 16.2. The maximum absolute atomic E-state index is 11.1. The average molecular weight is 199 g/mol. The van der Waals surface area contributed by atoms with Gasteiger partial charge in [0.15, 0.2) is 0 Å². The molecule has 72 valence electrons. The molecule has 0 fully saturated rings. The second-order valence-corrected chi connectivity index (χ2v) is 4.01. The lowest BCUT2D eigenvalue weighted by Crippen LogP contribution is -2.01. The van der Waals surface area contributed by atoms with E-state index in [1.54, 1.807) is 25.5 Å². The molecule has 2 N–H and O–H groups in total. The smallest absolute Gasteiger partial charge is 0.123 e. The van der Waals surface area contributed by atoms with E-state index in [0.717, 1.165) is 16.2 Å². The van der Waals surface area contributed by atoms with Crippen molar-refractivity contribution in [2.75, 3.05) is 13.4 Å². The molecule has 4 heteroatoms. The van der Waals surface area contributed by atoms with Crippen LogP contribution in [0.1, 0.15) is 5.56 Å². The fourth-order valence-corrected chi connectivity index (χ4v) is 1.66. The van der Waals surface area contributed by atoms with E-state index in [9.17, 15) is 4.21 Å². The lowest BCUT2D eigenvalue weighted by molar-refractivity contribution is 0.409. The summed E-state index contributed by atoms with van der Waals surface area (Å²) in [6.45, 7) is 0.397. The van der Waals surface area contributed by atoms with Gasteiger partial charge >= 0.3 is 0 Å². The number of rotatable bonds is 3. The molecule has 13 heavy (non-hydrogen) atoms. The maximum Gasteiger partial charge on any atom is 0.123 e. The van der Waals surface area contributed by atoms with Gasteiger partial charge in [-0.25, -0.2) is 0 Å². The van der Waals surface area contributed by atoms with Crippen molar-refractivity contribution in [1.29, 1.82) is 0 Å². The average Bonchev–Trinajstić information content (AvgIpc) is 2.16. The number of nitrogens with two attached hydrogens (primary N) is 1. The minimum Gasteiger partial charge on any atom is -0.496 e. The number of ether oxygens (including phenoxy) is 1. The second kappa shape index (κ2) is 4.39. The summed E-state index contributed by atoms with van der Waals surface area (Å²) in [6, 6.07) is 5.39. The van der Waals surface area contributed by atoms with Gasteiger partial charge in [-0.05, 0) is 18.2 Å². The van der Waals surface area contributed by atoms with Gasteiger partial charge in [0.1, 0.15) is 5.75 Å². The number of hydrogen-bond donors (Lipinski definition) is 1. The lowest BCUT2D eigenvalue weighted by Gasteiger charge is -2.07. The minimum absolute atomic E-state index is 0.397. The second-order valence-electron chi connectivity index (χ2n) is 2.63. The third kappa shape index (κ3) is 2.29. The first-order valence-electron chi connectivity index (χ1n) is 3.89. The van der Waals surface area contributed by atoms with Crippen LogP contribution in [0, 0.1) is 0 Å². The lowest BCUT2D eigenvalue weighted by atomic mass is 10.2. The molecule has 0 heterocycles. The van der Waals surface area contributed by atoms with Crippen molar-refractivity contribution in [3.05, 3.63) is 23.8 Å². The first kappa shape index (κ1) is 10.2. The van der Waals surface area contributed by atoms with E-state index in [0.29, 0.717) is 6.54 Å². The van der Waals surface area contributed by atoms with E-state index in [1.165, 1.54) is 0 Å². The summed E-state index contributed by atoms with van der Waals surface area (Å²) in [5.74, 6) is 0.747. The summed E-state index contributed by atoms with van der Waals surface area (Å²) in [5, 5.41) is 0. The van der Waals surface area contributed by atoms with Crippen LogP contribution in [0.3, 0.4) is 0 Å². The van der Waals surface area contributed by atoms with Gasteiger partial charge in [-0.3, -0.25) is 4.21 Å². The fourth-order valence-electron chi connectivity index (χ4n) is 1.09. The predicted molar refractivity (Wildman–Crippen MR) is 53.2 cm³/mol. The topological polar surface area (TPSA) is 52.3 Å². The van der Waals surface area contributed by atoms with E-state index in [1.807, 2.05) is 6.07 Å². The predicted octanol–water partition coefficient (Wildman–Crippen LogP) is 0.891. The molecule has 0 saturated carbocycles. The van der Waals surface area contributed by atoms with E-state index in [-0.39, 0.29) is 0 Å². The van der Waals surface area contributed by atoms with Crippen molar-refractivity contribution in [2.45, 2.75) is 11.4 Å². The van der Waals surface area contributed by atoms with Gasteiger partial charge in [0, 0.05) is 34.1 Å². The Morgan fingerprint density at radius 3 is 2.69 bits per heavy atom. The van der Waals surface area contributed by atoms with Crippen molar-refractivity contribution in [3.63, 3.8) is 0 Å². The summed E-state index contributed by atoms with van der Waals surface area (Å²) in [6.07, 6.45) is 1.64. The normalized spacial score (nSPS) is 12.5. The molecule has 0 bridgehead atoms. The molecule has 1 rings (SSSR count). The van der Waals surface area contributed by atoms with E-state index in [2.05, 4.69) is 0 Å². The van der Waals surface area contributed by atoms with Crippen LogP contribution in [-0.4, -0.2) is 17.6 Å². The highest BCUT2D eigenvalue weighted by Gasteiger charge is 2.04. The number of benzene rings is 1. The molecule has 0 spiro atoms. The van der Waals surface area contributed by atoms with Crippen molar-refractivity contribution in [3.8, 4) is 5.75 Å². The van der Waals surface area contributed by atoms with Crippen LogP contribution in [0.5, 0.6) is 5.75 Å². The van der Waals surface area contributed by atoms with Gasteiger partial charge in [-0.2, -0.15) is 0 Å². The van der Waals surface area contributed by atoms with Crippen molar-refractivity contribution in [2.24, 2.45) is 5.73 Å². The van der Waals surface area contributed by atoms with Gasteiger partial charge in [-0.15, -0.1) is 0 Å². The summed E-state index contributed by atoms with van der Waals surface area (Å²) in [5.41, 5.74) is 6.40. The molecule has 0 aliphatic rings. The van der Waals surface area contributed by atoms with E-state index < -0.39 is 10.8 Å². The molecule has 0 saturated heterocycles. The molecular weight excluding hydrogens is 186 g/mol. The number of methoxy groups -OCH3 is 1. The Morgan fingerprint density at radius 1 is 1.54 bits per heavy atom. The summed E-state index contributed by atoms with van der Waals surface area (Å²) in [7, 11) is 0.632. The Bertz CT molecular complexity index is 325. The molecule has 0 aliphatic carbocycles. The zero-order valence-corrected chi connectivity index (χ0v) is 8.56. The van der Waals surface area contributed by atoms with Crippen molar-refractivity contribution < 1.29 is 8.95 Å². The molecule has 1 aromatic rings. The van der Waals surface area contributed by atoms with Crippen molar-refractivity contribution >= 4 is 10.8 Å². The quantitative estimate of drug-likeness (QED) is 0.786. The van der Waals surface area contributed by atoms with Crippen LogP contribution < -0.4 is 10.5 Å². The largest absolute Gasteiger partial charge is 0.496 e. The molecule has 0 amide bonds. The van der Waals surface area contributed by atoms with Crippen LogP contribution in [-0.2, 0) is 17.3 Å². The van der Waals surface area contributed by atoms with Gasteiger partial charge in [-0.1, -0.05) is 0 Å². The Kier molecular flexibility index (Phi) is 3.45. The Hall–Kier alpha value is -0.870. The van der Waals surface area contributed by atoms with Crippen LogP contribution >= 0.6 is 0 Å². The number of hydrogen-bond acceptors (Lipinski definition) is 3. The first-order valence-corrected chi connectivity index (χ1v) is 5.45. The van der Waals surface area contributed by atoms with E-state index in [4.69, 9.17) is 10.5 Å². The molecule has 1 aromatic carbocycles. The molecule has 3 nitrogen and oxygen atoms in total. The molecule has 1 unspecified atom stereocenters. The molecule has 0 aliphatic heterocycles. The Balaban J connectivity index is 3.13. The summed E-state index contributed by atoms with van der Waals surface area (Å²) >= 11 is 0. The van der Waals surface area contributed by atoms with Gasteiger partial charge in [0.05, 0.1) is 7.11 Å². The highest BCUT2D eigenvalue weighted by atomic mass is 32.2. The Morgan fingerprint density at radius 2 is 2.23 bits per heavy atom. The van der Waals surface area contributed by atoms with Crippen LogP contribution in [0.15, 0.2) is 23.1 Å². The molecular formula is C9H13NO2S. The highest BCUT2D eigenvalue weighted by molar-refractivity contribution is 7.84. The highest BCUT2D eigenvalue weighted by Crippen LogP contribution is 2.20. The van der Waals surface area contributed by atoms with Crippen LogP contribution in [0.2, 0.25) is 0 Å². The molecule has 1 atom stereocenters. The SMILES string of the molecule is COc1ccc(S(C)=O)cc1CN. The molecule has 0 aromatic heterocycles. The van der Waals surface area contributed by atoms with E-state index >= 15 is 0 Å². The van der Waals surface area contributed by atoms with Gasteiger partial charge in [0.2, 0.25) is 0 Å². The van der Waals surface area contributed by atoms with Crippen molar-refractivity contribution in [1.82, 2.24) is 0 Å². The molecule has 0 radical (unpaired) electrons. The zero-order chi connectivity index (χ0) is 9.84.